The fourth-order valence-corrected chi connectivity index (χ4v) is 4.19. The summed E-state index contributed by atoms with van der Waals surface area (Å²) in [5.74, 6) is -0.175. The average Bonchev–Trinajstić information content (AvgIpc) is 3.00. The molecule has 3 aromatic carbocycles. The SMILES string of the molecule is CCCNC.CCN(c1ccc(C=O)c(C)c1)S(=O)NC.CNc1ccc(Cl)c(NC(=O)c2ccccc2)c1.COC. The highest BCUT2D eigenvalue weighted by Crippen LogP contribution is 2.25. The summed E-state index contributed by atoms with van der Waals surface area (Å²) >= 11 is 4.80. The van der Waals surface area contributed by atoms with Gasteiger partial charge in [0.05, 0.1) is 16.4 Å². The summed E-state index contributed by atoms with van der Waals surface area (Å²) < 4.78 is 20.3. The third kappa shape index (κ3) is 14.6. The summed E-state index contributed by atoms with van der Waals surface area (Å²) in [6, 6.07) is 19.8. The highest BCUT2D eigenvalue weighted by Gasteiger charge is 2.11. The maximum atomic E-state index is 12.0. The van der Waals surface area contributed by atoms with Crippen LogP contribution >= 0.6 is 11.6 Å². The lowest BCUT2D eigenvalue weighted by Crippen LogP contribution is -2.33. The van der Waals surface area contributed by atoms with Crippen molar-refractivity contribution in [3.63, 3.8) is 0 Å². The number of nitrogens with one attached hydrogen (secondary N) is 4. The number of hydrogen-bond donors (Lipinski definition) is 4. The van der Waals surface area contributed by atoms with Gasteiger partial charge in [0.25, 0.3) is 5.91 Å². The van der Waals surface area contributed by atoms with Gasteiger partial charge >= 0.3 is 0 Å². The molecule has 1 atom stereocenters. The van der Waals surface area contributed by atoms with Crippen LogP contribution < -0.4 is 25.0 Å². The lowest BCUT2D eigenvalue weighted by molar-refractivity contribution is 0.102. The number of ether oxygens (including phenoxy) is 1. The van der Waals surface area contributed by atoms with Crippen molar-refractivity contribution in [2.24, 2.45) is 0 Å². The van der Waals surface area contributed by atoms with Gasteiger partial charge in [-0.25, -0.2) is 8.93 Å². The first-order valence-corrected chi connectivity index (χ1v) is 15.0. The fraction of sp³-hybridized carbons (Fsp3) is 0.355. The number of rotatable bonds is 10. The summed E-state index contributed by atoms with van der Waals surface area (Å²) in [6.45, 7) is 7.71. The summed E-state index contributed by atoms with van der Waals surface area (Å²) in [6.07, 6.45) is 2.06. The Labute approximate surface area is 259 Å². The lowest BCUT2D eigenvalue weighted by Gasteiger charge is -2.21. The van der Waals surface area contributed by atoms with E-state index in [9.17, 15) is 13.8 Å². The Balaban J connectivity index is 0.000000642. The van der Waals surface area contributed by atoms with E-state index in [2.05, 4.69) is 32.3 Å². The molecule has 0 saturated heterocycles. The van der Waals surface area contributed by atoms with Crippen LogP contribution in [0.3, 0.4) is 0 Å². The zero-order valence-corrected chi connectivity index (χ0v) is 27.5. The van der Waals surface area contributed by atoms with Gasteiger partial charge in [-0.3, -0.25) is 13.9 Å². The number of hydrogen-bond acceptors (Lipinski definition) is 6. The van der Waals surface area contributed by atoms with Crippen LogP contribution in [0.4, 0.5) is 17.1 Å². The summed E-state index contributed by atoms with van der Waals surface area (Å²) in [7, 11) is 8.67. The van der Waals surface area contributed by atoms with Gasteiger partial charge in [0.2, 0.25) is 0 Å². The van der Waals surface area contributed by atoms with Crippen LogP contribution in [0, 0.1) is 6.92 Å². The van der Waals surface area contributed by atoms with Gasteiger partial charge in [0.1, 0.15) is 6.29 Å². The van der Waals surface area contributed by atoms with E-state index in [0.29, 0.717) is 28.4 Å². The monoisotopic (exact) mass is 619 g/mol. The number of methoxy groups -OCH3 is 1. The molecule has 1 amide bonds. The largest absolute Gasteiger partial charge is 0.388 e. The Morgan fingerprint density at radius 2 is 1.64 bits per heavy atom. The van der Waals surface area contributed by atoms with Crippen LogP contribution in [0.2, 0.25) is 5.02 Å². The maximum absolute atomic E-state index is 12.0. The zero-order valence-electron chi connectivity index (χ0n) is 25.9. The van der Waals surface area contributed by atoms with Crippen molar-refractivity contribution in [2.75, 3.05) is 63.4 Å². The second kappa shape index (κ2) is 23.3. The number of amides is 1. The minimum Gasteiger partial charge on any atom is -0.388 e. The van der Waals surface area contributed by atoms with Gasteiger partial charge in [0.15, 0.2) is 11.2 Å². The van der Waals surface area contributed by atoms with Crippen molar-refractivity contribution in [1.82, 2.24) is 10.0 Å². The predicted molar refractivity (Wildman–Crippen MR) is 179 cm³/mol. The van der Waals surface area contributed by atoms with E-state index in [4.69, 9.17) is 11.6 Å². The smallest absolute Gasteiger partial charge is 0.255 e. The van der Waals surface area contributed by atoms with Gasteiger partial charge in [-0.2, -0.15) is 0 Å². The first-order valence-electron chi connectivity index (χ1n) is 13.5. The molecule has 4 N–H and O–H groups in total. The normalized spacial score (nSPS) is 10.3. The molecule has 0 spiro atoms. The molecule has 11 heteroatoms. The molecule has 9 nitrogen and oxygen atoms in total. The number of anilines is 3. The second-order valence-electron chi connectivity index (χ2n) is 8.58. The fourth-order valence-electron chi connectivity index (χ4n) is 3.26. The van der Waals surface area contributed by atoms with Crippen LogP contribution in [0.5, 0.6) is 0 Å². The number of carbonyl (C=O) groups is 2. The number of aryl methyl sites for hydroxylation is 1. The molecule has 0 aliphatic carbocycles. The van der Waals surface area contributed by atoms with Crippen LogP contribution in [-0.2, 0) is 15.9 Å². The van der Waals surface area contributed by atoms with E-state index >= 15 is 0 Å². The zero-order chi connectivity index (χ0) is 31.9. The van der Waals surface area contributed by atoms with Crippen molar-refractivity contribution in [2.45, 2.75) is 27.2 Å². The molecule has 0 saturated carbocycles. The molecular formula is C31H46ClN5O4S. The first-order chi connectivity index (χ1) is 20.2. The Hall–Kier alpha value is -3.28. The highest BCUT2D eigenvalue weighted by molar-refractivity contribution is 7.84. The Morgan fingerprint density at radius 1 is 1.00 bits per heavy atom. The number of carbonyl (C=O) groups excluding carboxylic acids is 2. The predicted octanol–water partition coefficient (Wildman–Crippen LogP) is 5.94. The van der Waals surface area contributed by atoms with E-state index in [1.54, 1.807) is 62.0 Å². The molecule has 0 radical (unpaired) electrons. The molecule has 232 valence electrons. The van der Waals surface area contributed by atoms with Crippen LogP contribution in [-0.4, -0.2) is 64.9 Å². The Morgan fingerprint density at radius 3 is 2.10 bits per heavy atom. The molecule has 3 rings (SSSR count). The van der Waals surface area contributed by atoms with E-state index in [1.807, 2.05) is 58.3 Å². The average molecular weight is 620 g/mol. The molecule has 0 aromatic heterocycles. The van der Waals surface area contributed by atoms with E-state index in [0.717, 1.165) is 29.8 Å². The lowest BCUT2D eigenvalue weighted by atomic mass is 10.1. The highest BCUT2D eigenvalue weighted by atomic mass is 35.5. The van der Waals surface area contributed by atoms with Crippen molar-refractivity contribution in [1.29, 1.82) is 0 Å². The molecule has 0 aliphatic heterocycles. The molecule has 3 aromatic rings. The van der Waals surface area contributed by atoms with Crippen molar-refractivity contribution >= 4 is 52.0 Å². The molecule has 0 fully saturated rings. The van der Waals surface area contributed by atoms with E-state index in [1.165, 1.54) is 6.42 Å². The van der Waals surface area contributed by atoms with E-state index in [-0.39, 0.29) is 5.91 Å². The number of aldehydes is 1. The third-order valence-corrected chi connectivity index (χ3v) is 6.92. The first kappa shape index (κ1) is 38.7. The van der Waals surface area contributed by atoms with E-state index < -0.39 is 11.2 Å². The van der Waals surface area contributed by atoms with Crippen molar-refractivity contribution < 1.29 is 18.5 Å². The number of nitrogens with zero attached hydrogens (tertiary/aromatic N) is 1. The molecular weight excluding hydrogens is 574 g/mol. The van der Waals surface area contributed by atoms with Crippen molar-refractivity contribution in [3.8, 4) is 0 Å². The molecule has 1 unspecified atom stereocenters. The van der Waals surface area contributed by atoms with Crippen LogP contribution in [0.15, 0.2) is 66.7 Å². The topological polar surface area (TPSA) is 112 Å². The minimum atomic E-state index is -1.24. The van der Waals surface area contributed by atoms with Gasteiger partial charge in [-0.05, 0) is 95.0 Å². The molecule has 42 heavy (non-hydrogen) atoms. The van der Waals surface area contributed by atoms with Gasteiger partial charge in [-0.1, -0.05) is 36.7 Å². The number of halogens is 1. The third-order valence-electron chi connectivity index (χ3n) is 5.37. The van der Waals surface area contributed by atoms with Gasteiger partial charge in [-0.15, -0.1) is 0 Å². The summed E-state index contributed by atoms with van der Waals surface area (Å²) in [4.78, 5) is 22.7. The number of benzene rings is 3. The summed E-state index contributed by atoms with van der Waals surface area (Å²) in [5.41, 5.74) is 4.48. The van der Waals surface area contributed by atoms with Crippen LogP contribution in [0.1, 0.15) is 46.5 Å². The molecule has 0 heterocycles. The van der Waals surface area contributed by atoms with Crippen molar-refractivity contribution in [3.05, 3.63) is 88.4 Å². The Kier molecular flexibility index (Phi) is 21.5. The maximum Gasteiger partial charge on any atom is 0.255 e. The standard InChI is InChI=1S/C14H13ClN2O.C11H16N2O2S.C4H11N.C2H6O/c1-16-11-7-8-12(15)13(9-11)17-14(18)10-5-3-2-4-6-10;1-4-13(16(15)12-3)11-6-5-10(8-14)9(2)7-11;1-3-4-5-2;1-3-2/h2-9,16H,1H3,(H,17,18);5-8,12H,4H2,1-3H3;5H,3-4H2,1-2H3;1-2H3. The van der Waals surface area contributed by atoms with Crippen LogP contribution in [0.25, 0.3) is 0 Å². The molecule has 0 aliphatic rings. The second-order valence-corrected chi connectivity index (χ2v) is 10.3. The Bertz CT molecular complexity index is 1210. The minimum absolute atomic E-state index is 0.175. The molecule has 0 bridgehead atoms. The van der Waals surface area contributed by atoms with Gasteiger partial charge in [0, 0.05) is 44.6 Å². The quantitative estimate of drug-likeness (QED) is 0.209. The van der Waals surface area contributed by atoms with Gasteiger partial charge < -0.3 is 20.7 Å². The summed E-state index contributed by atoms with van der Waals surface area (Å²) in [5, 5.41) is 9.32.